The topological polar surface area (TPSA) is 52.5 Å². The molecule has 1 aliphatic rings. The molecule has 1 fully saturated rings. The molecule has 1 aromatic rings. The van der Waals surface area contributed by atoms with E-state index in [1.165, 1.54) is 0 Å². The highest BCUT2D eigenvalue weighted by Crippen LogP contribution is 2.25. The number of hydrogen-bond acceptors (Lipinski definition) is 5. The van der Waals surface area contributed by atoms with Crippen molar-refractivity contribution < 1.29 is 5.11 Å². The first-order valence-corrected chi connectivity index (χ1v) is 6.17. The highest BCUT2D eigenvalue weighted by Gasteiger charge is 2.25. The number of aliphatic hydroxyl groups excluding tert-OH is 1. The third-order valence-corrected chi connectivity index (χ3v) is 3.39. The van der Waals surface area contributed by atoms with E-state index in [2.05, 4.69) is 26.7 Å². The van der Waals surface area contributed by atoms with Crippen LogP contribution in [-0.4, -0.2) is 47.9 Å². The molecule has 17 heavy (non-hydrogen) atoms. The molecular weight excluding hydrogens is 216 g/mol. The number of nitrogens with zero attached hydrogens (tertiary/aromatic N) is 4. The second-order valence-electron chi connectivity index (χ2n) is 4.42. The Morgan fingerprint density at radius 3 is 3.06 bits per heavy atom. The minimum atomic E-state index is 0.197. The molecule has 5 heteroatoms. The van der Waals surface area contributed by atoms with Gasteiger partial charge in [-0.3, -0.25) is 0 Å². The lowest BCUT2D eigenvalue weighted by atomic mass is 10.2. The van der Waals surface area contributed by atoms with Crippen LogP contribution >= 0.6 is 0 Å². The summed E-state index contributed by atoms with van der Waals surface area (Å²) in [5.74, 6) is 1.85. The van der Waals surface area contributed by atoms with Gasteiger partial charge in [-0.25, -0.2) is 9.97 Å². The highest BCUT2D eigenvalue weighted by atomic mass is 16.3. The van der Waals surface area contributed by atoms with Gasteiger partial charge < -0.3 is 14.9 Å². The van der Waals surface area contributed by atoms with E-state index in [9.17, 15) is 5.11 Å². The van der Waals surface area contributed by atoms with Crippen LogP contribution in [-0.2, 0) is 0 Å². The molecule has 0 radical (unpaired) electrons. The zero-order chi connectivity index (χ0) is 12.3. The normalized spacial score (nSPS) is 19.7. The molecule has 0 aromatic carbocycles. The van der Waals surface area contributed by atoms with Gasteiger partial charge in [0.25, 0.3) is 0 Å². The molecule has 94 valence electrons. The van der Waals surface area contributed by atoms with Crippen molar-refractivity contribution in [2.75, 3.05) is 36.5 Å². The minimum absolute atomic E-state index is 0.197. The summed E-state index contributed by atoms with van der Waals surface area (Å²) in [5, 5.41) is 9.33. The molecule has 1 aromatic heterocycles. The van der Waals surface area contributed by atoms with Gasteiger partial charge in [0.05, 0.1) is 12.6 Å². The van der Waals surface area contributed by atoms with Crippen molar-refractivity contribution >= 4 is 11.6 Å². The molecule has 1 unspecified atom stereocenters. The first-order chi connectivity index (χ1) is 8.26. The third kappa shape index (κ3) is 2.49. The van der Waals surface area contributed by atoms with Gasteiger partial charge in [0, 0.05) is 26.2 Å². The number of anilines is 2. The molecule has 1 atom stereocenters. The summed E-state index contributed by atoms with van der Waals surface area (Å²) in [5.41, 5.74) is 0. The standard InChI is InChI=1S/C12H20N4O/c1-3-15(2)11-7-12(14-9-13-11)16-6-4-5-10(16)8-17/h7,9-10,17H,3-6,8H2,1-2H3. The average molecular weight is 236 g/mol. The molecule has 1 N–H and O–H groups in total. The van der Waals surface area contributed by atoms with Crippen molar-refractivity contribution in [1.29, 1.82) is 0 Å². The van der Waals surface area contributed by atoms with Crippen LogP contribution in [0.25, 0.3) is 0 Å². The Hall–Kier alpha value is -1.36. The van der Waals surface area contributed by atoms with Crippen molar-refractivity contribution in [3.8, 4) is 0 Å². The predicted octanol–water partition coefficient (Wildman–Crippen LogP) is 0.894. The summed E-state index contributed by atoms with van der Waals surface area (Å²) in [6, 6.07) is 2.21. The molecule has 1 saturated heterocycles. The fraction of sp³-hybridized carbons (Fsp3) is 0.667. The summed E-state index contributed by atoms with van der Waals surface area (Å²) in [7, 11) is 2.01. The third-order valence-electron chi connectivity index (χ3n) is 3.39. The predicted molar refractivity (Wildman–Crippen MR) is 68.4 cm³/mol. The van der Waals surface area contributed by atoms with Crippen LogP contribution in [0.1, 0.15) is 19.8 Å². The van der Waals surface area contributed by atoms with Gasteiger partial charge in [-0.15, -0.1) is 0 Å². The summed E-state index contributed by atoms with van der Waals surface area (Å²) in [6.07, 6.45) is 3.76. The van der Waals surface area contributed by atoms with Crippen LogP contribution in [0.5, 0.6) is 0 Å². The number of aliphatic hydroxyl groups is 1. The first kappa shape index (κ1) is 12.1. The lowest BCUT2D eigenvalue weighted by Crippen LogP contribution is -2.33. The maximum absolute atomic E-state index is 9.33. The van der Waals surface area contributed by atoms with E-state index < -0.39 is 0 Å². The van der Waals surface area contributed by atoms with Gasteiger partial charge in [0.1, 0.15) is 18.0 Å². The Morgan fingerprint density at radius 2 is 2.35 bits per heavy atom. The second-order valence-corrected chi connectivity index (χ2v) is 4.42. The van der Waals surface area contributed by atoms with Gasteiger partial charge in [-0.05, 0) is 19.8 Å². The van der Waals surface area contributed by atoms with E-state index in [4.69, 9.17) is 0 Å². The van der Waals surface area contributed by atoms with Gasteiger partial charge >= 0.3 is 0 Å². The molecule has 5 nitrogen and oxygen atoms in total. The van der Waals surface area contributed by atoms with E-state index in [0.717, 1.165) is 37.6 Å². The van der Waals surface area contributed by atoms with E-state index in [-0.39, 0.29) is 12.6 Å². The zero-order valence-electron chi connectivity index (χ0n) is 10.5. The Labute approximate surface area is 102 Å². The molecular formula is C12H20N4O. The average Bonchev–Trinajstić information content (AvgIpc) is 2.86. The van der Waals surface area contributed by atoms with Crippen LogP contribution in [0.4, 0.5) is 11.6 Å². The summed E-state index contributed by atoms with van der Waals surface area (Å²) in [6.45, 7) is 4.18. The van der Waals surface area contributed by atoms with Crippen molar-refractivity contribution in [1.82, 2.24) is 9.97 Å². The van der Waals surface area contributed by atoms with E-state index >= 15 is 0 Å². The summed E-state index contributed by atoms with van der Waals surface area (Å²) < 4.78 is 0. The maximum atomic E-state index is 9.33. The number of aromatic nitrogens is 2. The molecule has 0 spiro atoms. The van der Waals surface area contributed by atoms with E-state index in [0.29, 0.717) is 0 Å². The zero-order valence-corrected chi connectivity index (χ0v) is 10.5. The van der Waals surface area contributed by atoms with Gasteiger partial charge in [0.15, 0.2) is 0 Å². The second kappa shape index (κ2) is 5.31. The number of rotatable bonds is 4. The van der Waals surface area contributed by atoms with E-state index in [1.54, 1.807) is 6.33 Å². The Kier molecular flexibility index (Phi) is 3.78. The SMILES string of the molecule is CCN(C)c1cc(N2CCCC2CO)ncn1. The van der Waals surface area contributed by atoms with Gasteiger partial charge in [-0.1, -0.05) is 0 Å². The summed E-state index contributed by atoms with van der Waals surface area (Å²) >= 11 is 0. The molecule has 0 amide bonds. The molecule has 2 heterocycles. The monoisotopic (exact) mass is 236 g/mol. The van der Waals surface area contributed by atoms with Gasteiger partial charge in [0.2, 0.25) is 0 Å². The van der Waals surface area contributed by atoms with Crippen LogP contribution in [0, 0.1) is 0 Å². The lowest BCUT2D eigenvalue weighted by Gasteiger charge is -2.25. The number of hydrogen-bond donors (Lipinski definition) is 1. The Balaban J connectivity index is 2.20. The van der Waals surface area contributed by atoms with Crippen LogP contribution in [0.2, 0.25) is 0 Å². The summed E-state index contributed by atoms with van der Waals surface area (Å²) in [4.78, 5) is 12.8. The van der Waals surface area contributed by atoms with Crippen molar-refractivity contribution in [3.05, 3.63) is 12.4 Å². The largest absolute Gasteiger partial charge is 0.394 e. The smallest absolute Gasteiger partial charge is 0.134 e. The molecule has 2 rings (SSSR count). The van der Waals surface area contributed by atoms with Gasteiger partial charge in [-0.2, -0.15) is 0 Å². The van der Waals surface area contributed by atoms with Crippen LogP contribution < -0.4 is 9.80 Å². The van der Waals surface area contributed by atoms with Crippen LogP contribution in [0.3, 0.4) is 0 Å². The van der Waals surface area contributed by atoms with Crippen molar-refractivity contribution in [2.45, 2.75) is 25.8 Å². The highest BCUT2D eigenvalue weighted by molar-refractivity contribution is 5.50. The first-order valence-electron chi connectivity index (χ1n) is 6.17. The lowest BCUT2D eigenvalue weighted by molar-refractivity contribution is 0.266. The van der Waals surface area contributed by atoms with Crippen LogP contribution in [0.15, 0.2) is 12.4 Å². The van der Waals surface area contributed by atoms with E-state index in [1.807, 2.05) is 13.1 Å². The Morgan fingerprint density at radius 1 is 1.53 bits per heavy atom. The fourth-order valence-corrected chi connectivity index (χ4v) is 2.19. The molecule has 0 saturated carbocycles. The van der Waals surface area contributed by atoms with Crippen molar-refractivity contribution in [2.24, 2.45) is 0 Å². The minimum Gasteiger partial charge on any atom is -0.394 e. The fourth-order valence-electron chi connectivity index (χ4n) is 2.19. The molecule has 0 bridgehead atoms. The molecule has 0 aliphatic carbocycles. The maximum Gasteiger partial charge on any atom is 0.134 e. The van der Waals surface area contributed by atoms with Crippen molar-refractivity contribution in [3.63, 3.8) is 0 Å². The molecule has 1 aliphatic heterocycles. The Bertz CT molecular complexity index is 371. The quantitative estimate of drug-likeness (QED) is 0.841.